The van der Waals surface area contributed by atoms with E-state index in [-0.39, 0.29) is 0 Å². The second-order valence-corrected chi connectivity index (χ2v) is 7.96. The van der Waals surface area contributed by atoms with Gasteiger partial charge in [0.15, 0.2) is 0 Å². The first-order valence-electron chi connectivity index (χ1n) is 6.64. The smallest absolute Gasteiger partial charge is 0.0590 e. The van der Waals surface area contributed by atoms with Gasteiger partial charge in [-0.05, 0) is 52.1 Å². The van der Waals surface area contributed by atoms with E-state index in [4.69, 9.17) is 0 Å². The summed E-state index contributed by atoms with van der Waals surface area (Å²) in [5.74, 6) is 0. The molecule has 0 spiro atoms. The number of nitrogens with zero attached hydrogens (tertiary/aromatic N) is 1. The molecule has 0 saturated heterocycles. The minimum Gasteiger partial charge on any atom is -0.381 e. The summed E-state index contributed by atoms with van der Waals surface area (Å²) >= 11 is 3.56. The Hall–Kier alpha value is -0.570. The van der Waals surface area contributed by atoms with E-state index in [1.165, 1.54) is 19.3 Å². The monoisotopic (exact) mass is 310 g/mol. The Balaban J connectivity index is 2.12. The maximum Gasteiger partial charge on any atom is 0.0590 e. The van der Waals surface area contributed by atoms with Crippen LogP contribution in [0, 0.1) is 10.8 Å². The summed E-state index contributed by atoms with van der Waals surface area (Å²) < 4.78 is 1.05. The van der Waals surface area contributed by atoms with Crippen molar-refractivity contribution in [3.8, 4) is 0 Å². The fraction of sp³-hybridized carbons (Fsp3) is 0.667. The van der Waals surface area contributed by atoms with Gasteiger partial charge in [-0.1, -0.05) is 27.7 Å². The summed E-state index contributed by atoms with van der Waals surface area (Å²) in [6.07, 6.45) is 7.44. The topological polar surface area (TPSA) is 24.9 Å². The van der Waals surface area contributed by atoms with Gasteiger partial charge in [-0.25, -0.2) is 0 Å². The predicted octanol–water partition coefficient (Wildman–Crippen LogP) is 4.86. The van der Waals surface area contributed by atoms with Crippen molar-refractivity contribution in [2.45, 2.75) is 53.0 Å². The first-order chi connectivity index (χ1) is 8.27. The molecule has 2 rings (SSSR count). The van der Waals surface area contributed by atoms with Crippen LogP contribution in [0.15, 0.2) is 22.9 Å². The summed E-state index contributed by atoms with van der Waals surface area (Å²) in [5, 5.41) is 3.67. The van der Waals surface area contributed by atoms with E-state index >= 15 is 0 Å². The van der Waals surface area contributed by atoms with Crippen molar-refractivity contribution in [1.29, 1.82) is 0 Å². The standard InChI is InChI=1S/C15H23BrN2/c1-14(2)7-11(8-15(3,4)10-14)18-13-5-6-17-9-12(13)16/h5-6,9,11H,7-8,10H2,1-4H3,(H,17,18). The molecule has 100 valence electrons. The Labute approximate surface area is 119 Å². The number of hydrogen-bond donors (Lipinski definition) is 1. The highest BCUT2D eigenvalue weighted by Gasteiger charge is 2.38. The van der Waals surface area contributed by atoms with Gasteiger partial charge in [0.1, 0.15) is 0 Å². The zero-order valence-electron chi connectivity index (χ0n) is 11.8. The molecule has 1 saturated carbocycles. The quantitative estimate of drug-likeness (QED) is 0.843. The Kier molecular flexibility index (Phi) is 3.72. The molecule has 1 aromatic rings. The lowest BCUT2D eigenvalue weighted by Crippen LogP contribution is -2.40. The third-order valence-electron chi connectivity index (χ3n) is 3.69. The van der Waals surface area contributed by atoms with Crippen LogP contribution < -0.4 is 5.32 Å². The minimum absolute atomic E-state index is 0.416. The number of aromatic nitrogens is 1. The van der Waals surface area contributed by atoms with Crippen molar-refractivity contribution in [2.75, 3.05) is 5.32 Å². The number of rotatable bonds is 2. The van der Waals surface area contributed by atoms with Crippen LogP contribution in [0.2, 0.25) is 0 Å². The highest BCUT2D eigenvalue weighted by atomic mass is 79.9. The SMILES string of the molecule is CC1(C)CC(Nc2ccncc2Br)CC(C)(C)C1. The van der Waals surface area contributed by atoms with E-state index in [1.54, 1.807) is 0 Å². The van der Waals surface area contributed by atoms with Crippen LogP contribution in [-0.2, 0) is 0 Å². The lowest BCUT2D eigenvalue weighted by Gasteiger charge is -2.45. The zero-order valence-corrected chi connectivity index (χ0v) is 13.3. The molecule has 2 nitrogen and oxygen atoms in total. The van der Waals surface area contributed by atoms with E-state index in [9.17, 15) is 0 Å². The highest BCUT2D eigenvalue weighted by Crippen LogP contribution is 2.46. The molecule has 0 bridgehead atoms. The van der Waals surface area contributed by atoms with Gasteiger partial charge in [0, 0.05) is 18.4 Å². The van der Waals surface area contributed by atoms with E-state index in [1.807, 2.05) is 18.5 Å². The van der Waals surface area contributed by atoms with Gasteiger partial charge in [0.25, 0.3) is 0 Å². The van der Waals surface area contributed by atoms with Crippen LogP contribution in [0.1, 0.15) is 47.0 Å². The van der Waals surface area contributed by atoms with Gasteiger partial charge in [0.05, 0.1) is 10.2 Å². The molecule has 1 heterocycles. The summed E-state index contributed by atoms with van der Waals surface area (Å²) in [6, 6.07) is 2.58. The maximum absolute atomic E-state index is 4.11. The van der Waals surface area contributed by atoms with Crippen molar-refractivity contribution in [1.82, 2.24) is 4.98 Å². The lowest BCUT2D eigenvalue weighted by molar-refractivity contribution is 0.105. The van der Waals surface area contributed by atoms with Crippen LogP contribution in [0.25, 0.3) is 0 Å². The van der Waals surface area contributed by atoms with Crippen molar-refractivity contribution >= 4 is 21.6 Å². The second kappa shape index (κ2) is 4.84. The number of halogens is 1. The minimum atomic E-state index is 0.416. The third-order valence-corrected chi connectivity index (χ3v) is 4.32. The number of nitrogens with one attached hydrogen (secondary N) is 1. The Bertz CT molecular complexity index is 410. The average molecular weight is 311 g/mol. The molecule has 1 aliphatic carbocycles. The molecule has 0 radical (unpaired) electrons. The number of anilines is 1. The largest absolute Gasteiger partial charge is 0.381 e. The van der Waals surface area contributed by atoms with Gasteiger partial charge in [-0.15, -0.1) is 0 Å². The molecule has 3 heteroatoms. The molecular weight excluding hydrogens is 288 g/mol. The number of hydrogen-bond acceptors (Lipinski definition) is 2. The third kappa shape index (κ3) is 3.47. The lowest BCUT2D eigenvalue weighted by atomic mass is 9.63. The summed E-state index contributed by atoms with van der Waals surface area (Å²) in [4.78, 5) is 4.11. The van der Waals surface area contributed by atoms with E-state index < -0.39 is 0 Å². The fourth-order valence-electron chi connectivity index (χ4n) is 3.66. The van der Waals surface area contributed by atoms with Crippen molar-refractivity contribution in [2.24, 2.45) is 10.8 Å². The van der Waals surface area contributed by atoms with Crippen LogP contribution in [0.4, 0.5) is 5.69 Å². The Morgan fingerprint density at radius 1 is 1.22 bits per heavy atom. The molecule has 0 aliphatic heterocycles. The van der Waals surface area contributed by atoms with E-state index in [2.05, 4.69) is 53.9 Å². The Morgan fingerprint density at radius 2 is 1.83 bits per heavy atom. The molecule has 0 atom stereocenters. The molecule has 1 aliphatic rings. The molecular formula is C15H23BrN2. The van der Waals surface area contributed by atoms with Gasteiger partial charge in [0.2, 0.25) is 0 Å². The van der Waals surface area contributed by atoms with Crippen molar-refractivity contribution in [3.63, 3.8) is 0 Å². The summed E-state index contributed by atoms with van der Waals surface area (Å²) in [6.45, 7) is 9.52. The molecule has 0 amide bonds. The van der Waals surface area contributed by atoms with Crippen molar-refractivity contribution in [3.05, 3.63) is 22.9 Å². The second-order valence-electron chi connectivity index (χ2n) is 7.11. The normalized spacial score (nSPS) is 22.7. The zero-order chi connectivity index (χ0) is 13.4. The maximum atomic E-state index is 4.11. The molecule has 0 aromatic carbocycles. The number of pyridine rings is 1. The van der Waals surface area contributed by atoms with E-state index in [0.29, 0.717) is 16.9 Å². The molecule has 0 unspecified atom stereocenters. The molecule has 18 heavy (non-hydrogen) atoms. The molecule has 1 aromatic heterocycles. The highest BCUT2D eigenvalue weighted by molar-refractivity contribution is 9.10. The average Bonchev–Trinajstić information content (AvgIpc) is 2.16. The van der Waals surface area contributed by atoms with Gasteiger partial charge >= 0.3 is 0 Å². The Morgan fingerprint density at radius 3 is 2.39 bits per heavy atom. The van der Waals surface area contributed by atoms with Gasteiger partial charge in [-0.2, -0.15) is 0 Å². The van der Waals surface area contributed by atoms with Gasteiger partial charge < -0.3 is 5.32 Å². The van der Waals surface area contributed by atoms with Crippen LogP contribution in [-0.4, -0.2) is 11.0 Å². The van der Waals surface area contributed by atoms with Crippen LogP contribution in [0.3, 0.4) is 0 Å². The molecule has 1 N–H and O–H groups in total. The van der Waals surface area contributed by atoms with Crippen LogP contribution >= 0.6 is 15.9 Å². The van der Waals surface area contributed by atoms with Crippen LogP contribution in [0.5, 0.6) is 0 Å². The first-order valence-corrected chi connectivity index (χ1v) is 7.43. The fourth-order valence-corrected chi connectivity index (χ4v) is 4.03. The molecule has 1 fully saturated rings. The van der Waals surface area contributed by atoms with Crippen molar-refractivity contribution < 1.29 is 0 Å². The van der Waals surface area contributed by atoms with E-state index in [0.717, 1.165) is 10.2 Å². The first kappa shape index (κ1) is 13.9. The van der Waals surface area contributed by atoms with Gasteiger partial charge in [-0.3, -0.25) is 4.98 Å². The summed E-state index contributed by atoms with van der Waals surface area (Å²) in [7, 11) is 0. The summed E-state index contributed by atoms with van der Waals surface area (Å²) in [5.41, 5.74) is 1.99. The predicted molar refractivity (Wildman–Crippen MR) is 80.8 cm³/mol.